The molecule has 4 nitrogen and oxygen atoms in total. The van der Waals surface area contributed by atoms with E-state index in [1.54, 1.807) is 11.3 Å². The number of rotatable bonds is 6. The Morgan fingerprint density at radius 2 is 2.45 bits per heavy atom. The van der Waals surface area contributed by atoms with Crippen molar-refractivity contribution in [1.29, 1.82) is 0 Å². The van der Waals surface area contributed by atoms with Crippen LogP contribution in [0.25, 0.3) is 0 Å². The highest BCUT2D eigenvalue weighted by atomic mass is 32.1. The Balaban J connectivity index is 1.77. The van der Waals surface area contributed by atoms with E-state index in [4.69, 9.17) is 5.73 Å². The molecule has 2 unspecified atom stereocenters. The van der Waals surface area contributed by atoms with Crippen LogP contribution in [0, 0.1) is 5.92 Å². The Kier molecular flexibility index (Phi) is 6.01. The van der Waals surface area contributed by atoms with E-state index in [0.29, 0.717) is 25.7 Å². The Morgan fingerprint density at radius 3 is 3.10 bits per heavy atom. The number of amides is 1. The van der Waals surface area contributed by atoms with Crippen molar-refractivity contribution in [2.45, 2.75) is 38.8 Å². The number of nitrogens with zero attached hydrogens (tertiary/aromatic N) is 1. The molecule has 112 valence electrons. The smallest absolute Gasteiger partial charge is 0.234 e. The summed E-state index contributed by atoms with van der Waals surface area (Å²) < 4.78 is 0. The fraction of sp³-hybridized carbons (Fsp3) is 0.667. The lowest BCUT2D eigenvalue weighted by Crippen LogP contribution is -2.50. The van der Waals surface area contributed by atoms with Gasteiger partial charge in [0.2, 0.25) is 5.91 Å². The van der Waals surface area contributed by atoms with E-state index in [9.17, 15) is 4.79 Å². The van der Waals surface area contributed by atoms with E-state index < -0.39 is 0 Å². The highest BCUT2D eigenvalue weighted by Gasteiger charge is 2.27. The van der Waals surface area contributed by atoms with E-state index in [1.807, 2.05) is 17.5 Å². The van der Waals surface area contributed by atoms with Crippen LogP contribution in [0.5, 0.6) is 0 Å². The minimum absolute atomic E-state index is 0.104. The summed E-state index contributed by atoms with van der Waals surface area (Å²) in [4.78, 5) is 15.5. The monoisotopic (exact) mass is 295 g/mol. The largest absolute Gasteiger partial charge is 0.350 e. The van der Waals surface area contributed by atoms with Crippen LogP contribution in [-0.2, 0) is 11.3 Å². The quantitative estimate of drug-likeness (QED) is 0.841. The third kappa shape index (κ3) is 4.30. The Morgan fingerprint density at radius 1 is 1.60 bits per heavy atom. The molecule has 1 fully saturated rings. The minimum atomic E-state index is 0.104. The summed E-state index contributed by atoms with van der Waals surface area (Å²) in [6.45, 7) is 4.99. The predicted octanol–water partition coefficient (Wildman–Crippen LogP) is 1.81. The molecule has 3 N–H and O–H groups in total. The molecule has 1 saturated heterocycles. The van der Waals surface area contributed by atoms with Crippen LogP contribution in [0.4, 0.5) is 0 Å². The van der Waals surface area contributed by atoms with Gasteiger partial charge in [-0.15, -0.1) is 11.3 Å². The molecule has 0 bridgehead atoms. The first kappa shape index (κ1) is 15.5. The lowest BCUT2D eigenvalue weighted by Gasteiger charge is -2.38. The molecule has 2 rings (SSSR count). The maximum atomic E-state index is 12.0. The summed E-state index contributed by atoms with van der Waals surface area (Å²) in [6, 6.07) is 4.41. The summed E-state index contributed by atoms with van der Waals surface area (Å²) in [5.41, 5.74) is 5.87. The van der Waals surface area contributed by atoms with E-state index in [1.165, 1.54) is 17.7 Å². The zero-order chi connectivity index (χ0) is 14.4. The normalized spacial score (nSPS) is 23.7. The fourth-order valence-corrected chi connectivity index (χ4v) is 3.49. The summed E-state index contributed by atoms with van der Waals surface area (Å²) >= 11 is 1.67. The number of carbonyl (C=O) groups excluding carboxylic acids is 1. The highest BCUT2D eigenvalue weighted by molar-refractivity contribution is 7.09. The van der Waals surface area contributed by atoms with Crippen molar-refractivity contribution in [1.82, 2.24) is 10.2 Å². The predicted molar refractivity (Wildman–Crippen MR) is 83.6 cm³/mol. The molecule has 1 aromatic heterocycles. The van der Waals surface area contributed by atoms with E-state index in [-0.39, 0.29) is 5.91 Å². The maximum Gasteiger partial charge on any atom is 0.234 e. The van der Waals surface area contributed by atoms with Gasteiger partial charge in [-0.1, -0.05) is 19.4 Å². The second-order valence-electron chi connectivity index (χ2n) is 5.51. The molecule has 20 heavy (non-hydrogen) atoms. The van der Waals surface area contributed by atoms with Crippen molar-refractivity contribution in [3.8, 4) is 0 Å². The van der Waals surface area contributed by atoms with Crippen LogP contribution in [0.15, 0.2) is 17.5 Å². The van der Waals surface area contributed by atoms with Crippen LogP contribution in [-0.4, -0.2) is 36.5 Å². The number of hydrogen-bond donors (Lipinski definition) is 2. The van der Waals surface area contributed by atoms with Crippen molar-refractivity contribution in [3.63, 3.8) is 0 Å². The van der Waals surface area contributed by atoms with Gasteiger partial charge in [0.1, 0.15) is 0 Å². The van der Waals surface area contributed by atoms with Crippen molar-refractivity contribution in [2.75, 3.05) is 19.6 Å². The number of thiophene rings is 1. The SMILES string of the molecule is CCC1CCN(CC(=O)NCc2cccs2)C(CN)C1. The molecule has 1 aliphatic heterocycles. The molecule has 0 radical (unpaired) electrons. The molecule has 1 amide bonds. The second-order valence-corrected chi connectivity index (χ2v) is 6.55. The van der Waals surface area contributed by atoms with E-state index in [2.05, 4.69) is 17.1 Å². The molecule has 2 atom stereocenters. The molecule has 0 aromatic carbocycles. The molecule has 0 saturated carbocycles. The molecular formula is C15H25N3OS. The topological polar surface area (TPSA) is 58.4 Å². The number of likely N-dealkylation sites (tertiary alicyclic amines) is 1. The van der Waals surface area contributed by atoms with Crippen LogP contribution >= 0.6 is 11.3 Å². The first-order chi connectivity index (χ1) is 9.72. The third-order valence-electron chi connectivity index (χ3n) is 4.18. The molecular weight excluding hydrogens is 270 g/mol. The van der Waals surface area contributed by atoms with Crippen molar-refractivity contribution < 1.29 is 4.79 Å². The molecule has 1 aromatic rings. The van der Waals surface area contributed by atoms with E-state index in [0.717, 1.165) is 18.9 Å². The van der Waals surface area contributed by atoms with Crippen LogP contribution in [0.1, 0.15) is 31.1 Å². The molecule has 0 aliphatic carbocycles. The van der Waals surface area contributed by atoms with Gasteiger partial charge in [0.25, 0.3) is 0 Å². The van der Waals surface area contributed by atoms with E-state index >= 15 is 0 Å². The van der Waals surface area contributed by atoms with Crippen LogP contribution in [0.2, 0.25) is 0 Å². The first-order valence-corrected chi connectivity index (χ1v) is 8.34. The second kappa shape index (κ2) is 7.76. The average Bonchev–Trinajstić information content (AvgIpc) is 2.99. The molecule has 2 heterocycles. The Hall–Kier alpha value is -0.910. The minimum Gasteiger partial charge on any atom is -0.350 e. The van der Waals surface area contributed by atoms with Crippen LogP contribution < -0.4 is 11.1 Å². The van der Waals surface area contributed by atoms with Crippen molar-refractivity contribution in [2.24, 2.45) is 11.7 Å². The summed E-state index contributed by atoms with van der Waals surface area (Å²) in [6.07, 6.45) is 3.53. The van der Waals surface area contributed by atoms with Crippen LogP contribution in [0.3, 0.4) is 0 Å². The van der Waals surface area contributed by atoms with Crippen molar-refractivity contribution >= 4 is 17.2 Å². The zero-order valence-corrected chi connectivity index (χ0v) is 13.0. The summed E-state index contributed by atoms with van der Waals surface area (Å²) in [5, 5.41) is 5.02. The summed E-state index contributed by atoms with van der Waals surface area (Å²) in [5.74, 6) is 0.876. The maximum absolute atomic E-state index is 12.0. The van der Waals surface area contributed by atoms with Gasteiger partial charge >= 0.3 is 0 Å². The number of nitrogens with one attached hydrogen (secondary N) is 1. The lowest BCUT2D eigenvalue weighted by molar-refractivity contribution is -0.123. The number of nitrogens with two attached hydrogens (primary N) is 1. The Bertz CT molecular complexity index is 407. The fourth-order valence-electron chi connectivity index (χ4n) is 2.85. The standard InChI is InChI=1S/C15H25N3OS/c1-2-12-5-6-18(13(8-12)9-16)11-15(19)17-10-14-4-3-7-20-14/h3-4,7,12-13H,2,5-6,8-11,16H2,1H3,(H,17,19). The number of piperidine rings is 1. The van der Waals surface area contributed by atoms with Gasteiger partial charge in [-0.05, 0) is 36.8 Å². The number of carbonyl (C=O) groups is 1. The van der Waals surface area contributed by atoms with Gasteiger partial charge < -0.3 is 11.1 Å². The zero-order valence-electron chi connectivity index (χ0n) is 12.2. The molecule has 5 heteroatoms. The van der Waals surface area contributed by atoms with Gasteiger partial charge in [-0.3, -0.25) is 9.69 Å². The van der Waals surface area contributed by atoms with Gasteiger partial charge in [-0.2, -0.15) is 0 Å². The first-order valence-electron chi connectivity index (χ1n) is 7.46. The molecule has 1 aliphatic rings. The lowest BCUT2D eigenvalue weighted by atomic mass is 9.89. The van der Waals surface area contributed by atoms with Gasteiger partial charge in [0.15, 0.2) is 0 Å². The van der Waals surface area contributed by atoms with Crippen molar-refractivity contribution in [3.05, 3.63) is 22.4 Å². The number of hydrogen-bond acceptors (Lipinski definition) is 4. The average molecular weight is 295 g/mol. The van der Waals surface area contributed by atoms with Gasteiger partial charge in [0.05, 0.1) is 13.1 Å². The third-order valence-corrected chi connectivity index (χ3v) is 5.06. The molecule has 0 spiro atoms. The highest BCUT2D eigenvalue weighted by Crippen LogP contribution is 2.24. The van der Waals surface area contributed by atoms with Gasteiger partial charge in [-0.25, -0.2) is 0 Å². The Labute approximate surface area is 125 Å². The van der Waals surface area contributed by atoms with Gasteiger partial charge in [0, 0.05) is 17.5 Å². The summed E-state index contributed by atoms with van der Waals surface area (Å²) in [7, 11) is 0.